The van der Waals surface area contributed by atoms with Crippen molar-refractivity contribution >= 4 is 53.2 Å². The largest absolute Gasteiger partial charge is 0.492 e. The molecule has 3 heterocycles. The van der Waals surface area contributed by atoms with E-state index in [1.807, 2.05) is 56.0 Å². The summed E-state index contributed by atoms with van der Waals surface area (Å²) in [5.41, 5.74) is 6.05. The summed E-state index contributed by atoms with van der Waals surface area (Å²) in [4.78, 5) is 126. The Morgan fingerprint density at radius 1 is 0.773 bits per heavy atom. The van der Waals surface area contributed by atoms with Gasteiger partial charge in [0.15, 0.2) is 0 Å². The molecule has 2 aromatic heterocycles. The van der Waals surface area contributed by atoms with Crippen molar-refractivity contribution in [3.63, 3.8) is 0 Å². The fourth-order valence-corrected chi connectivity index (χ4v) is 8.98. The highest BCUT2D eigenvalue weighted by Crippen LogP contribution is 2.39. The van der Waals surface area contributed by atoms with Gasteiger partial charge in [-0.1, -0.05) is 55.7 Å². The zero-order valence-corrected chi connectivity index (χ0v) is 42.6. The van der Waals surface area contributed by atoms with Gasteiger partial charge in [-0.15, -0.1) is 4.73 Å². The summed E-state index contributed by atoms with van der Waals surface area (Å²) in [5, 5.41) is 49.3. The van der Waals surface area contributed by atoms with Gasteiger partial charge in [0.25, 0.3) is 5.91 Å². The number of β-amino-alcohol motifs (C(OH)–C–C–N with tert-alkyl or cyclic N) is 1. The summed E-state index contributed by atoms with van der Waals surface area (Å²) in [5.74, 6) is -5.96. The van der Waals surface area contributed by atoms with Gasteiger partial charge < -0.3 is 63.1 Å². The van der Waals surface area contributed by atoms with E-state index in [0.717, 1.165) is 43.4 Å². The lowest BCUT2D eigenvalue weighted by atomic mass is 9.72. The zero-order valence-electron chi connectivity index (χ0n) is 42.6. The second kappa shape index (κ2) is 28.2. The third-order valence-electron chi connectivity index (χ3n) is 12.7. The number of aromatic hydroxyl groups is 2. The lowest BCUT2D eigenvalue weighted by molar-refractivity contribution is -0.145. The van der Waals surface area contributed by atoms with Crippen molar-refractivity contribution in [2.24, 2.45) is 17.6 Å². The van der Waals surface area contributed by atoms with Crippen molar-refractivity contribution in [1.82, 2.24) is 51.8 Å². The zero-order chi connectivity index (χ0) is 54.7. The van der Waals surface area contributed by atoms with E-state index in [-0.39, 0.29) is 69.0 Å². The van der Waals surface area contributed by atoms with E-state index in [1.165, 1.54) is 12.1 Å². The van der Waals surface area contributed by atoms with Crippen LogP contribution in [0.4, 0.5) is 0 Å². The first-order chi connectivity index (χ1) is 35.6. The highest BCUT2D eigenvalue weighted by Gasteiger charge is 2.42. The third-order valence-corrected chi connectivity index (χ3v) is 12.7. The van der Waals surface area contributed by atoms with Crippen LogP contribution in [-0.4, -0.2) is 146 Å². The Labute approximate surface area is 434 Å². The third kappa shape index (κ3) is 19.6. The number of nitrogens with zero attached hydrogens (tertiary/aromatic N) is 3. The summed E-state index contributed by atoms with van der Waals surface area (Å²) in [6, 6.07) is 13.0. The number of rotatable bonds is 26. The maximum atomic E-state index is 14.1. The van der Waals surface area contributed by atoms with Gasteiger partial charge in [0, 0.05) is 50.1 Å². The fourth-order valence-electron chi connectivity index (χ4n) is 8.98. The van der Waals surface area contributed by atoms with Crippen LogP contribution in [0.2, 0.25) is 0 Å². The number of likely N-dealkylation sites (tertiary alicyclic amines) is 1. The summed E-state index contributed by atoms with van der Waals surface area (Å²) in [6.07, 6.45) is 3.05. The first-order valence-electron chi connectivity index (χ1n) is 25.1. The smallest absolute Gasteiger partial charge is 0.334 e. The minimum atomic E-state index is -1.46. The first kappa shape index (κ1) is 58.3. The fraction of sp³-hybridized carbons (Fsp3) is 0.529. The molecule has 5 rings (SSSR count). The topological polar surface area (TPSA) is 355 Å². The Kier molecular flexibility index (Phi) is 21.9. The van der Waals surface area contributed by atoms with Crippen molar-refractivity contribution in [3.8, 4) is 11.8 Å². The van der Waals surface area contributed by atoms with E-state index in [2.05, 4.69) is 42.2 Å². The van der Waals surface area contributed by atoms with Gasteiger partial charge in [0.05, 0.1) is 56.4 Å². The molecule has 0 bridgehead atoms. The Morgan fingerprint density at radius 2 is 1.41 bits per heavy atom. The number of primary amides is 1. The van der Waals surface area contributed by atoms with E-state index in [1.54, 1.807) is 6.07 Å². The number of hydrogen-bond donors (Lipinski definition) is 11. The minimum Gasteiger partial charge on any atom is -0.492 e. The van der Waals surface area contributed by atoms with Gasteiger partial charge in [-0.05, 0) is 76.0 Å². The SMILES string of the molecule is CC(C)(C)NC(=O)[C@@H]1C[C@@H]2CCCC[C@@H]2CN1C[C@@H](O)[C@H](Cc1ccccc1)NC(=O)[C@H](CC(N)=O)NC(=O)c1cccc(CNC(=O)CCCC(=O)NCC(=O)NCC(=O)NCCC(=O)On2c(O)ccc2O)n1. The van der Waals surface area contributed by atoms with Crippen LogP contribution in [0.5, 0.6) is 11.8 Å². The van der Waals surface area contributed by atoms with Crippen LogP contribution in [0.25, 0.3) is 0 Å². The van der Waals surface area contributed by atoms with Crippen LogP contribution in [0.1, 0.15) is 107 Å². The van der Waals surface area contributed by atoms with Crippen LogP contribution in [0.3, 0.4) is 0 Å². The predicted molar refractivity (Wildman–Crippen MR) is 269 cm³/mol. The number of aliphatic hydroxyl groups is 1. The van der Waals surface area contributed by atoms with Gasteiger partial charge in [-0.25, -0.2) is 9.78 Å². The van der Waals surface area contributed by atoms with E-state index < -0.39 is 108 Å². The lowest BCUT2D eigenvalue weighted by Crippen LogP contribution is -2.61. The Morgan fingerprint density at radius 3 is 2.08 bits per heavy atom. The first-order valence-corrected chi connectivity index (χ1v) is 25.1. The molecule has 6 atom stereocenters. The Bertz CT molecular complexity index is 2460. The van der Waals surface area contributed by atoms with Gasteiger partial charge in [-0.3, -0.25) is 43.3 Å². The molecule has 0 unspecified atom stereocenters. The molecule has 12 N–H and O–H groups in total. The average Bonchev–Trinajstić information content (AvgIpc) is 3.67. The van der Waals surface area contributed by atoms with E-state index >= 15 is 0 Å². The van der Waals surface area contributed by atoms with Crippen LogP contribution in [0, 0.1) is 11.8 Å². The normalized spacial score (nSPS) is 17.6. The maximum absolute atomic E-state index is 14.1. The number of pyridine rings is 1. The minimum absolute atomic E-state index is 0.0722. The van der Waals surface area contributed by atoms with Crippen LogP contribution in [0.15, 0.2) is 60.7 Å². The van der Waals surface area contributed by atoms with Crippen LogP contribution >= 0.6 is 0 Å². The van der Waals surface area contributed by atoms with Gasteiger partial charge >= 0.3 is 5.97 Å². The van der Waals surface area contributed by atoms with Crippen molar-refractivity contribution in [2.75, 3.05) is 32.7 Å². The molecule has 2 aliphatic rings. The molecule has 2 fully saturated rings. The molecule has 0 spiro atoms. The molecule has 24 heteroatoms. The number of carbonyl (C=O) groups is 9. The van der Waals surface area contributed by atoms with Crippen molar-refractivity contribution in [2.45, 2.75) is 128 Å². The molecule has 1 aromatic carbocycles. The monoisotopic (exact) mass is 1050 g/mol. The Balaban J connectivity index is 1.07. The van der Waals surface area contributed by atoms with Gasteiger partial charge in [0.2, 0.25) is 53.1 Å². The number of nitrogens with two attached hydrogens (primary N) is 1. The molecule has 1 saturated heterocycles. The molecular formula is C51H71N11O13. The molecule has 8 amide bonds. The van der Waals surface area contributed by atoms with E-state index in [9.17, 15) is 58.5 Å². The average molecular weight is 1050 g/mol. The number of nitrogens with one attached hydrogen (secondary N) is 7. The number of piperidine rings is 1. The van der Waals surface area contributed by atoms with E-state index in [4.69, 9.17) is 10.6 Å². The van der Waals surface area contributed by atoms with Crippen LogP contribution < -0.4 is 47.8 Å². The molecule has 408 valence electrons. The summed E-state index contributed by atoms with van der Waals surface area (Å²) in [7, 11) is 0. The number of hydrogen-bond acceptors (Lipinski definition) is 15. The molecular weight excluding hydrogens is 975 g/mol. The molecule has 3 aromatic rings. The molecule has 0 radical (unpaired) electrons. The van der Waals surface area contributed by atoms with Crippen molar-refractivity contribution in [1.29, 1.82) is 0 Å². The van der Waals surface area contributed by atoms with Gasteiger partial charge in [-0.2, -0.15) is 0 Å². The summed E-state index contributed by atoms with van der Waals surface area (Å²) in [6.45, 7) is 5.29. The van der Waals surface area contributed by atoms with Crippen molar-refractivity contribution < 1.29 is 63.3 Å². The molecule has 75 heavy (non-hydrogen) atoms. The number of aliphatic hydroxyl groups excluding tert-OH is 1. The molecule has 24 nitrogen and oxygen atoms in total. The van der Waals surface area contributed by atoms with Crippen molar-refractivity contribution in [3.05, 3.63) is 77.6 Å². The number of carbonyl (C=O) groups excluding carboxylic acids is 9. The van der Waals surface area contributed by atoms with Gasteiger partial charge in [0.1, 0.15) is 11.7 Å². The molecule has 1 aliphatic carbocycles. The standard InChI is InChI=1S/C51H71N11O13/c1-51(2,3)60-50(74)38-24-32-13-7-8-14-33(32)29-61(38)30-39(63)36(23-31-11-5-4-6-12-31)58-49(73)37(25-40(52)64)59-48(72)35-16-9-15-34(57-35)26-54-41(65)17-10-18-42(66)55-28-44(68)56-27-43(67)53-22-21-47(71)75-62-45(69)19-20-46(62)70/h4-6,9,11-12,15-16,19-20,32-33,36-39,63,69-70H,7-8,10,13-14,17-18,21-30H2,1-3H3,(H2,52,64)(H,53,67)(H,54,65)(H,55,66)(H,56,68)(H,58,73)(H,59,72)(H,60,74)/t32-,33+,36-,37-,38-,39+/m0/s1. The number of benzene rings is 1. The van der Waals surface area contributed by atoms with E-state index in [0.29, 0.717) is 29.5 Å². The summed E-state index contributed by atoms with van der Waals surface area (Å²) < 4.78 is 0.502. The number of amides is 8. The van der Waals surface area contributed by atoms with Crippen LogP contribution in [-0.2, 0) is 51.3 Å². The lowest BCUT2D eigenvalue weighted by Gasteiger charge is -2.47. The second-order valence-corrected chi connectivity index (χ2v) is 19.9. The quantitative estimate of drug-likeness (QED) is 0.0475. The maximum Gasteiger partial charge on any atom is 0.334 e. The molecule has 1 aliphatic heterocycles. The highest BCUT2D eigenvalue weighted by atomic mass is 16.7. The second-order valence-electron chi connectivity index (χ2n) is 19.9. The number of aromatic nitrogens is 2. The molecule has 1 saturated carbocycles. The highest BCUT2D eigenvalue weighted by molar-refractivity contribution is 5.98. The summed E-state index contributed by atoms with van der Waals surface area (Å²) >= 11 is 0. The Hall–Kier alpha value is -7.60. The predicted octanol–water partition coefficient (Wildman–Crippen LogP) is -0.667. The number of fused-ring (bicyclic) bond motifs is 1.